The average molecular weight is 434 g/mol. The van der Waals surface area contributed by atoms with Gasteiger partial charge in [-0.2, -0.15) is 0 Å². The Morgan fingerprint density at radius 1 is 0.871 bits per heavy atom. The van der Waals surface area contributed by atoms with Crippen LogP contribution in [0.1, 0.15) is 11.1 Å². The molecule has 0 spiro atoms. The zero-order chi connectivity index (χ0) is 22.0. The third-order valence-corrected chi connectivity index (χ3v) is 5.80. The van der Waals surface area contributed by atoms with Crippen molar-refractivity contribution in [2.45, 2.75) is 11.4 Å². The van der Waals surface area contributed by atoms with Crippen molar-refractivity contribution in [1.29, 1.82) is 0 Å². The second-order valence-electron chi connectivity index (χ2n) is 6.75. The summed E-state index contributed by atoms with van der Waals surface area (Å²) in [5.41, 5.74) is 1.11. The van der Waals surface area contributed by atoms with Gasteiger partial charge in [-0.25, -0.2) is 4.39 Å². The number of non-ortho nitro benzene ring substituents is 1. The molecule has 0 saturated carbocycles. The van der Waals surface area contributed by atoms with Gasteiger partial charge in [0.1, 0.15) is 5.82 Å². The molecule has 0 N–H and O–H groups in total. The normalized spacial score (nSPS) is 13.8. The fourth-order valence-electron chi connectivity index (χ4n) is 3.18. The number of imide groups is 1. The van der Waals surface area contributed by atoms with Gasteiger partial charge in [-0.15, -0.1) is 0 Å². The van der Waals surface area contributed by atoms with Crippen molar-refractivity contribution < 1.29 is 18.9 Å². The molecule has 31 heavy (non-hydrogen) atoms. The lowest BCUT2D eigenvalue weighted by molar-refractivity contribution is -0.384. The van der Waals surface area contributed by atoms with Gasteiger partial charge in [-0.1, -0.05) is 42.1 Å². The number of nitro benzene ring substituents is 1. The van der Waals surface area contributed by atoms with Crippen LogP contribution >= 0.6 is 11.8 Å². The van der Waals surface area contributed by atoms with Crippen LogP contribution in [0, 0.1) is 15.9 Å². The van der Waals surface area contributed by atoms with Gasteiger partial charge in [0.25, 0.3) is 17.5 Å². The maximum absolute atomic E-state index is 13.2. The van der Waals surface area contributed by atoms with Gasteiger partial charge in [0.2, 0.25) is 0 Å². The van der Waals surface area contributed by atoms with E-state index in [9.17, 15) is 24.1 Å². The number of amides is 2. The minimum Gasteiger partial charge on any atom is -0.269 e. The summed E-state index contributed by atoms with van der Waals surface area (Å²) < 4.78 is 13.2. The lowest BCUT2D eigenvalue weighted by Gasteiger charge is -2.15. The summed E-state index contributed by atoms with van der Waals surface area (Å²) in [6.07, 6.45) is 0. The molecule has 0 aliphatic carbocycles. The predicted molar refractivity (Wildman–Crippen MR) is 114 cm³/mol. The van der Waals surface area contributed by atoms with Crippen LogP contribution in [-0.4, -0.2) is 21.6 Å². The van der Waals surface area contributed by atoms with Crippen molar-refractivity contribution in [3.8, 4) is 0 Å². The first kappa shape index (κ1) is 20.5. The van der Waals surface area contributed by atoms with Crippen LogP contribution in [0.3, 0.4) is 0 Å². The highest BCUT2D eigenvalue weighted by atomic mass is 32.2. The van der Waals surface area contributed by atoms with E-state index < -0.39 is 22.6 Å². The zero-order valence-electron chi connectivity index (χ0n) is 16.0. The highest BCUT2D eigenvalue weighted by molar-refractivity contribution is 8.04. The number of rotatable bonds is 6. The molecular formula is C23H15FN2O4S. The highest BCUT2D eigenvalue weighted by Gasteiger charge is 2.39. The van der Waals surface area contributed by atoms with Crippen molar-refractivity contribution in [3.63, 3.8) is 0 Å². The summed E-state index contributed by atoms with van der Waals surface area (Å²) in [6, 6.07) is 20.2. The van der Waals surface area contributed by atoms with E-state index in [2.05, 4.69) is 0 Å². The number of carbonyl (C=O) groups is 2. The van der Waals surface area contributed by atoms with E-state index in [4.69, 9.17) is 0 Å². The maximum atomic E-state index is 13.2. The first-order valence-corrected chi connectivity index (χ1v) is 10.1. The monoisotopic (exact) mass is 434 g/mol. The number of hydrogen-bond donors (Lipinski definition) is 0. The largest absolute Gasteiger partial charge is 0.269 e. The molecule has 6 nitrogen and oxygen atoms in total. The molecule has 0 radical (unpaired) electrons. The third kappa shape index (κ3) is 4.24. The number of nitrogens with zero attached hydrogens (tertiary/aromatic N) is 2. The Balaban J connectivity index is 1.73. The first-order chi connectivity index (χ1) is 14.9. The lowest BCUT2D eigenvalue weighted by Crippen LogP contribution is -2.30. The topological polar surface area (TPSA) is 80.5 Å². The molecule has 3 aromatic carbocycles. The number of carbonyl (C=O) groups excluding carboxylic acids is 2. The summed E-state index contributed by atoms with van der Waals surface area (Å²) >= 11 is 1.17. The van der Waals surface area contributed by atoms with Crippen LogP contribution in [0.15, 0.2) is 88.7 Å². The molecule has 0 bridgehead atoms. The predicted octanol–water partition coefficient (Wildman–Crippen LogP) is 4.81. The van der Waals surface area contributed by atoms with Crippen LogP contribution < -0.4 is 0 Å². The van der Waals surface area contributed by atoms with Gasteiger partial charge in [0.15, 0.2) is 0 Å². The number of nitro groups is 1. The molecule has 1 aliphatic rings. The fourth-order valence-corrected chi connectivity index (χ4v) is 4.21. The summed E-state index contributed by atoms with van der Waals surface area (Å²) in [4.78, 5) is 39.0. The molecule has 3 aromatic rings. The molecule has 154 valence electrons. The van der Waals surface area contributed by atoms with E-state index in [0.29, 0.717) is 11.1 Å². The quantitative estimate of drug-likeness (QED) is 0.316. The number of halogens is 1. The second kappa shape index (κ2) is 8.53. The van der Waals surface area contributed by atoms with E-state index in [0.717, 1.165) is 9.80 Å². The SMILES string of the molecule is O=C1C(Sc2ccccc2)=C(c2ccc([N+](=O)[O-])cc2)C(=O)N1Cc1ccc(F)cc1. The Bertz CT molecular complexity index is 1190. The molecule has 2 amide bonds. The van der Waals surface area contributed by atoms with Crippen LogP contribution in [0.25, 0.3) is 5.57 Å². The summed E-state index contributed by atoms with van der Waals surface area (Å²) in [5, 5.41) is 11.0. The van der Waals surface area contributed by atoms with Crippen molar-refractivity contribution in [2.24, 2.45) is 0 Å². The molecule has 0 unspecified atom stereocenters. The van der Waals surface area contributed by atoms with E-state index in [1.165, 1.54) is 60.3 Å². The molecule has 0 aromatic heterocycles. The number of thioether (sulfide) groups is 1. The van der Waals surface area contributed by atoms with Crippen LogP contribution in [0.2, 0.25) is 0 Å². The maximum Gasteiger partial charge on any atom is 0.269 e. The Morgan fingerprint density at radius 2 is 1.52 bits per heavy atom. The summed E-state index contributed by atoms with van der Waals surface area (Å²) in [7, 11) is 0. The third-order valence-electron chi connectivity index (χ3n) is 4.71. The van der Waals surface area contributed by atoms with Crippen LogP contribution in [-0.2, 0) is 16.1 Å². The number of hydrogen-bond acceptors (Lipinski definition) is 5. The molecular weight excluding hydrogens is 419 g/mol. The van der Waals surface area contributed by atoms with Crippen LogP contribution in [0.5, 0.6) is 0 Å². The first-order valence-electron chi connectivity index (χ1n) is 9.26. The standard InChI is InChI=1S/C23H15FN2O4S/c24-17-10-6-15(7-11-17)14-25-22(27)20(16-8-12-18(13-9-16)26(29)30)21(23(25)28)31-19-4-2-1-3-5-19/h1-13H,14H2. The Morgan fingerprint density at radius 3 is 2.13 bits per heavy atom. The summed E-state index contributed by atoms with van der Waals surface area (Å²) in [5.74, 6) is -1.37. The van der Waals surface area contributed by atoms with Crippen LogP contribution in [0.4, 0.5) is 10.1 Å². The van der Waals surface area contributed by atoms with Gasteiger partial charge in [0.05, 0.1) is 21.9 Å². The van der Waals surface area contributed by atoms with E-state index in [1.54, 1.807) is 0 Å². The molecule has 0 fully saturated rings. The van der Waals surface area contributed by atoms with Gasteiger partial charge in [-0.05, 0) is 47.5 Å². The molecule has 1 aliphatic heterocycles. The summed E-state index contributed by atoms with van der Waals surface area (Å²) in [6.45, 7) is -0.00667. The molecule has 8 heteroatoms. The highest BCUT2D eigenvalue weighted by Crippen LogP contribution is 2.40. The molecule has 4 rings (SSSR count). The molecule has 0 saturated heterocycles. The fraction of sp³-hybridized carbons (Fsp3) is 0.0435. The average Bonchev–Trinajstić information content (AvgIpc) is 3.00. The van der Waals surface area contributed by atoms with E-state index >= 15 is 0 Å². The zero-order valence-corrected chi connectivity index (χ0v) is 16.8. The second-order valence-corrected chi connectivity index (χ2v) is 7.83. The molecule has 1 heterocycles. The van der Waals surface area contributed by atoms with Gasteiger partial charge >= 0.3 is 0 Å². The lowest BCUT2D eigenvalue weighted by atomic mass is 10.1. The van der Waals surface area contributed by atoms with E-state index in [-0.39, 0.29) is 22.7 Å². The van der Waals surface area contributed by atoms with Gasteiger partial charge < -0.3 is 0 Å². The Hall–Kier alpha value is -3.78. The molecule has 0 atom stereocenters. The minimum absolute atomic E-state index is 0.00667. The van der Waals surface area contributed by atoms with Gasteiger partial charge in [-0.3, -0.25) is 24.6 Å². The van der Waals surface area contributed by atoms with Crippen molar-refractivity contribution >= 4 is 34.8 Å². The minimum atomic E-state index is -0.528. The van der Waals surface area contributed by atoms with E-state index in [1.807, 2.05) is 30.3 Å². The number of benzene rings is 3. The van der Waals surface area contributed by atoms with Crippen molar-refractivity contribution in [2.75, 3.05) is 0 Å². The smallest absolute Gasteiger partial charge is 0.269 e. The van der Waals surface area contributed by atoms with Crippen molar-refractivity contribution in [3.05, 3.63) is 111 Å². The van der Waals surface area contributed by atoms with Gasteiger partial charge in [0, 0.05) is 17.0 Å². The Kier molecular flexibility index (Phi) is 5.64. The Labute approximate surface area is 181 Å². The van der Waals surface area contributed by atoms with Crippen molar-refractivity contribution in [1.82, 2.24) is 4.90 Å².